The van der Waals surface area contributed by atoms with Gasteiger partial charge in [0.05, 0.1) is 19.1 Å². The number of benzene rings is 1. The molecule has 2 unspecified atom stereocenters. The van der Waals surface area contributed by atoms with Crippen LogP contribution in [0.2, 0.25) is 0 Å². The average Bonchev–Trinajstić information content (AvgIpc) is 2.85. The number of carbonyl (C=O) groups is 1. The minimum atomic E-state index is -1.17. The molecule has 1 aromatic heterocycles. The second-order valence-electron chi connectivity index (χ2n) is 4.35. The van der Waals surface area contributed by atoms with E-state index in [9.17, 15) is 15.0 Å². The number of aromatic amines is 1. The molecule has 102 valence electrons. The third kappa shape index (κ3) is 3.13. The molecule has 19 heavy (non-hydrogen) atoms. The fraction of sp³-hybridized carbons (Fsp3) is 0.357. The van der Waals surface area contributed by atoms with Crippen LogP contribution in [-0.2, 0) is 9.53 Å². The molecule has 0 radical (unpaired) electrons. The van der Waals surface area contributed by atoms with Gasteiger partial charge in [0.25, 0.3) is 0 Å². The Kier molecular flexibility index (Phi) is 4.19. The van der Waals surface area contributed by atoms with Gasteiger partial charge in [0.2, 0.25) is 0 Å². The quantitative estimate of drug-likeness (QED) is 0.714. The average molecular weight is 263 g/mol. The molecule has 0 fully saturated rings. The number of aliphatic hydroxyl groups is 2. The molecule has 0 spiro atoms. The van der Waals surface area contributed by atoms with Gasteiger partial charge in [0.15, 0.2) is 0 Å². The number of ether oxygens (including phenoxy) is 1. The Morgan fingerprint density at radius 2 is 2.16 bits per heavy atom. The third-order valence-corrected chi connectivity index (χ3v) is 2.97. The monoisotopic (exact) mass is 263 g/mol. The molecule has 2 atom stereocenters. The highest BCUT2D eigenvalue weighted by Gasteiger charge is 2.22. The number of hydrogen-bond donors (Lipinski definition) is 3. The summed E-state index contributed by atoms with van der Waals surface area (Å²) in [5, 5.41) is 20.9. The molecule has 2 aromatic rings. The number of hydrogen-bond acceptors (Lipinski definition) is 4. The lowest BCUT2D eigenvalue weighted by Gasteiger charge is -2.17. The van der Waals surface area contributed by atoms with E-state index in [2.05, 4.69) is 4.98 Å². The number of aliphatic hydroxyl groups excluding tert-OH is 2. The highest BCUT2D eigenvalue weighted by atomic mass is 16.5. The molecule has 0 saturated carbocycles. The summed E-state index contributed by atoms with van der Waals surface area (Å²) in [6.45, 7) is 1.95. The van der Waals surface area contributed by atoms with Crippen LogP contribution in [0.5, 0.6) is 0 Å². The van der Waals surface area contributed by atoms with E-state index in [1.807, 2.05) is 12.1 Å². The molecule has 0 aliphatic heterocycles. The number of carbonyl (C=O) groups excluding carboxylic acids is 1. The predicted molar refractivity (Wildman–Crippen MR) is 70.5 cm³/mol. The number of nitrogens with one attached hydrogen (secondary N) is 1. The van der Waals surface area contributed by atoms with Crippen molar-refractivity contribution in [2.75, 3.05) is 6.61 Å². The van der Waals surface area contributed by atoms with Crippen molar-refractivity contribution in [3.05, 3.63) is 36.0 Å². The van der Waals surface area contributed by atoms with Crippen molar-refractivity contribution in [2.24, 2.45) is 0 Å². The van der Waals surface area contributed by atoms with E-state index >= 15 is 0 Å². The molecule has 1 aromatic carbocycles. The highest BCUT2D eigenvalue weighted by molar-refractivity contribution is 5.80. The first-order chi connectivity index (χ1) is 9.11. The van der Waals surface area contributed by atoms with Crippen LogP contribution >= 0.6 is 0 Å². The van der Waals surface area contributed by atoms with Gasteiger partial charge in [-0.1, -0.05) is 12.1 Å². The van der Waals surface area contributed by atoms with Crippen LogP contribution in [0.25, 0.3) is 10.9 Å². The number of H-pyrrole nitrogens is 1. The minimum absolute atomic E-state index is 0.224. The van der Waals surface area contributed by atoms with E-state index in [4.69, 9.17) is 4.74 Å². The smallest absolute Gasteiger partial charge is 0.308 e. The topological polar surface area (TPSA) is 82.6 Å². The summed E-state index contributed by atoms with van der Waals surface area (Å²) in [5.41, 5.74) is 1.44. The molecule has 5 nitrogen and oxygen atoms in total. The van der Waals surface area contributed by atoms with Gasteiger partial charge < -0.3 is 19.9 Å². The largest absolute Gasteiger partial charge is 0.466 e. The predicted octanol–water partition coefficient (Wildman–Crippen LogP) is 1.52. The summed E-state index contributed by atoms with van der Waals surface area (Å²) in [4.78, 5) is 14.3. The Morgan fingerprint density at radius 1 is 1.37 bits per heavy atom. The Labute approximate surface area is 110 Å². The number of rotatable bonds is 5. The first-order valence-electron chi connectivity index (χ1n) is 6.20. The van der Waals surface area contributed by atoms with E-state index in [0.717, 1.165) is 10.9 Å². The van der Waals surface area contributed by atoms with Crippen LogP contribution in [0.4, 0.5) is 0 Å². The van der Waals surface area contributed by atoms with Crippen LogP contribution in [0.15, 0.2) is 30.5 Å². The van der Waals surface area contributed by atoms with Gasteiger partial charge in [0.1, 0.15) is 6.10 Å². The van der Waals surface area contributed by atoms with E-state index < -0.39 is 18.2 Å². The first kappa shape index (κ1) is 13.6. The molecule has 0 aliphatic rings. The minimum Gasteiger partial charge on any atom is -0.466 e. The molecular weight excluding hydrogens is 246 g/mol. The maximum Gasteiger partial charge on any atom is 0.308 e. The fourth-order valence-corrected chi connectivity index (χ4v) is 1.97. The molecule has 1 heterocycles. The molecule has 5 heteroatoms. The summed E-state index contributed by atoms with van der Waals surface area (Å²) in [5.74, 6) is -0.519. The molecule has 0 aliphatic carbocycles. The second kappa shape index (κ2) is 5.86. The third-order valence-electron chi connectivity index (χ3n) is 2.97. The van der Waals surface area contributed by atoms with Crippen molar-refractivity contribution in [2.45, 2.75) is 25.6 Å². The van der Waals surface area contributed by atoms with Gasteiger partial charge in [-0.2, -0.15) is 0 Å². The number of esters is 1. The summed E-state index contributed by atoms with van der Waals surface area (Å²) < 4.78 is 4.74. The highest BCUT2D eigenvalue weighted by Crippen LogP contribution is 2.23. The van der Waals surface area contributed by atoms with Gasteiger partial charge >= 0.3 is 5.97 Å². The van der Waals surface area contributed by atoms with E-state index in [1.165, 1.54) is 0 Å². The number of fused-ring (bicyclic) bond motifs is 1. The second-order valence-corrected chi connectivity index (χ2v) is 4.35. The molecular formula is C14H17NO4. The van der Waals surface area contributed by atoms with Crippen LogP contribution < -0.4 is 0 Å². The van der Waals surface area contributed by atoms with Gasteiger partial charge in [-0.25, -0.2) is 0 Å². The summed E-state index contributed by atoms with van der Waals surface area (Å²) >= 11 is 0. The lowest BCUT2D eigenvalue weighted by molar-refractivity contribution is -0.147. The van der Waals surface area contributed by atoms with Crippen molar-refractivity contribution < 1.29 is 19.7 Å². The molecule has 3 N–H and O–H groups in total. The molecule has 0 saturated heterocycles. The molecule has 0 amide bonds. The zero-order chi connectivity index (χ0) is 13.8. The van der Waals surface area contributed by atoms with E-state index in [1.54, 1.807) is 25.3 Å². The maximum atomic E-state index is 11.3. The van der Waals surface area contributed by atoms with Crippen LogP contribution in [0.1, 0.15) is 25.0 Å². The lowest BCUT2D eigenvalue weighted by Crippen LogP contribution is -2.23. The Bertz CT molecular complexity index is 563. The Balaban J connectivity index is 2.09. The SMILES string of the molecule is CCOC(=O)CC(O)C(O)c1ccc2cc[nH]c2c1. The van der Waals surface area contributed by atoms with Crippen molar-refractivity contribution >= 4 is 16.9 Å². The van der Waals surface area contributed by atoms with Gasteiger partial charge in [-0.15, -0.1) is 0 Å². The standard InChI is InChI=1S/C14H17NO4/c1-2-19-13(17)8-12(16)14(18)10-4-3-9-5-6-15-11(9)7-10/h3-7,12,14-16,18H,2,8H2,1H3. The molecule has 0 bridgehead atoms. The van der Waals surface area contributed by atoms with E-state index in [-0.39, 0.29) is 13.0 Å². The van der Waals surface area contributed by atoms with Crippen molar-refractivity contribution in [3.8, 4) is 0 Å². The van der Waals surface area contributed by atoms with Crippen molar-refractivity contribution in [3.63, 3.8) is 0 Å². The lowest BCUT2D eigenvalue weighted by atomic mass is 10.0. The van der Waals surface area contributed by atoms with Gasteiger partial charge in [-0.05, 0) is 30.0 Å². The maximum absolute atomic E-state index is 11.3. The van der Waals surface area contributed by atoms with Crippen LogP contribution in [0.3, 0.4) is 0 Å². The summed E-state index contributed by atoms with van der Waals surface area (Å²) in [7, 11) is 0. The van der Waals surface area contributed by atoms with Gasteiger partial charge in [0, 0.05) is 11.7 Å². The van der Waals surface area contributed by atoms with Crippen LogP contribution in [-0.4, -0.2) is 33.9 Å². The van der Waals surface area contributed by atoms with Crippen molar-refractivity contribution in [1.82, 2.24) is 4.98 Å². The normalized spacial score (nSPS) is 14.3. The van der Waals surface area contributed by atoms with Crippen LogP contribution in [0, 0.1) is 0 Å². The molecule has 2 rings (SSSR count). The zero-order valence-electron chi connectivity index (χ0n) is 10.7. The Morgan fingerprint density at radius 3 is 2.89 bits per heavy atom. The fourth-order valence-electron chi connectivity index (χ4n) is 1.97. The summed E-state index contributed by atoms with van der Waals surface area (Å²) in [6.07, 6.45) is -0.711. The van der Waals surface area contributed by atoms with E-state index in [0.29, 0.717) is 5.56 Å². The van der Waals surface area contributed by atoms with Crippen molar-refractivity contribution in [1.29, 1.82) is 0 Å². The first-order valence-corrected chi connectivity index (χ1v) is 6.20. The Hall–Kier alpha value is -1.85. The van der Waals surface area contributed by atoms with Gasteiger partial charge in [-0.3, -0.25) is 4.79 Å². The summed E-state index contributed by atoms with van der Waals surface area (Å²) in [6, 6.07) is 7.26. The zero-order valence-corrected chi connectivity index (χ0v) is 10.7. The number of aromatic nitrogens is 1.